The summed E-state index contributed by atoms with van der Waals surface area (Å²) in [5.74, 6) is -1.76. The Labute approximate surface area is 351 Å². The first-order chi connectivity index (χ1) is 28.6. The van der Waals surface area contributed by atoms with Crippen molar-refractivity contribution in [1.29, 1.82) is 0 Å². The van der Waals surface area contributed by atoms with Crippen molar-refractivity contribution in [3.63, 3.8) is 0 Å². The van der Waals surface area contributed by atoms with Crippen molar-refractivity contribution < 1.29 is 28.7 Å². The van der Waals surface area contributed by atoms with Gasteiger partial charge >= 0.3 is 5.97 Å². The van der Waals surface area contributed by atoms with Crippen molar-refractivity contribution in [2.45, 2.75) is 105 Å². The van der Waals surface area contributed by atoms with Crippen LogP contribution in [0.3, 0.4) is 0 Å². The second kappa shape index (κ2) is 17.2. The van der Waals surface area contributed by atoms with E-state index in [1.165, 1.54) is 16.8 Å². The van der Waals surface area contributed by atoms with E-state index in [1.807, 2.05) is 39.0 Å². The van der Waals surface area contributed by atoms with E-state index in [9.17, 15) is 19.2 Å². The van der Waals surface area contributed by atoms with E-state index in [-0.39, 0.29) is 31.0 Å². The number of carbonyl (C=O) groups excluding carboxylic acids is 4. The van der Waals surface area contributed by atoms with Gasteiger partial charge in [0, 0.05) is 74.2 Å². The van der Waals surface area contributed by atoms with E-state index in [0.717, 1.165) is 61.1 Å². The number of aromatic nitrogens is 4. The average molecular weight is 819 g/mol. The minimum absolute atomic E-state index is 0.133. The zero-order valence-electron chi connectivity index (χ0n) is 36.2. The average Bonchev–Trinajstić information content (AvgIpc) is 3.83. The molecule has 3 aromatic heterocycles. The van der Waals surface area contributed by atoms with E-state index in [1.54, 1.807) is 26.7 Å². The van der Waals surface area contributed by atoms with E-state index in [0.29, 0.717) is 32.4 Å². The molecule has 7 rings (SSSR count). The highest BCUT2D eigenvalue weighted by molar-refractivity contribution is 5.99. The molecule has 2 aromatic carbocycles. The summed E-state index contributed by atoms with van der Waals surface area (Å²) in [5.41, 5.74) is 11.8. The summed E-state index contributed by atoms with van der Waals surface area (Å²) in [7, 11) is 3.28. The summed E-state index contributed by atoms with van der Waals surface area (Å²) in [5, 5.41) is 5.52. The number of benzene rings is 2. The van der Waals surface area contributed by atoms with E-state index in [4.69, 9.17) is 19.4 Å². The Hall–Kier alpha value is -5.60. The van der Waals surface area contributed by atoms with Gasteiger partial charge in [0.1, 0.15) is 18.1 Å². The molecule has 6 bridgehead atoms. The number of nitrogens with one attached hydrogen (secondary N) is 3. The van der Waals surface area contributed by atoms with Crippen LogP contribution in [0.2, 0.25) is 0 Å². The molecule has 0 aliphatic carbocycles. The number of fused-ring (bicyclic) bond motifs is 8. The molecule has 2 aliphatic heterocycles. The van der Waals surface area contributed by atoms with Crippen molar-refractivity contribution in [3.05, 3.63) is 71.8 Å². The number of imidazole rings is 1. The number of pyridine rings is 1. The van der Waals surface area contributed by atoms with Crippen LogP contribution in [0.1, 0.15) is 84.2 Å². The fourth-order valence-electron chi connectivity index (χ4n) is 8.92. The standard InChI is InChI=1S/C46H58N8O6/c1-10-53-38-16-15-30-22-33(38)34(42(53)31-13-11-17-47-39(31)27(4)59-9)23-46(6,7)24-60-45(58)35-14-12-18-54(51-35)44(57)37(50-43(56)41(26(2)3)52(8)28(5)55)21-29-19-32(30)40-36(20-29)48-25-49-40/h11,13,15-17,19-20,22,25-27,35,37,41,51H,10,12,14,18,21,23-24H2,1-9H3,(H,48,49)(H,50,56)/t27?,35-,37?,41?/m0/s1. The van der Waals surface area contributed by atoms with Gasteiger partial charge in [-0.3, -0.25) is 29.2 Å². The van der Waals surface area contributed by atoms with E-state index >= 15 is 0 Å². The van der Waals surface area contributed by atoms with Crippen LogP contribution < -0.4 is 10.7 Å². The van der Waals surface area contributed by atoms with Crippen molar-refractivity contribution in [2.75, 3.05) is 27.3 Å². The molecule has 14 heteroatoms. The van der Waals surface area contributed by atoms with Gasteiger partial charge in [-0.2, -0.15) is 0 Å². The van der Waals surface area contributed by atoms with Crippen LogP contribution in [0.25, 0.3) is 44.3 Å². The lowest BCUT2D eigenvalue weighted by molar-refractivity contribution is -0.155. The number of hydrazine groups is 1. The van der Waals surface area contributed by atoms with Gasteiger partial charge in [-0.15, -0.1) is 0 Å². The number of ether oxygens (including phenoxy) is 2. The maximum absolute atomic E-state index is 14.6. The summed E-state index contributed by atoms with van der Waals surface area (Å²) in [6.45, 7) is 14.7. The molecule has 0 spiro atoms. The molecule has 1 saturated heterocycles. The van der Waals surface area contributed by atoms with Crippen LogP contribution in [-0.4, -0.2) is 98.6 Å². The number of carbonyl (C=O) groups is 4. The molecule has 0 radical (unpaired) electrons. The number of H-pyrrole nitrogens is 1. The summed E-state index contributed by atoms with van der Waals surface area (Å²) < 4.78 is 14.3. The minimum atomic E-state index is -1.04. The van der Waals surface area contributed by atoms with Crippen LogP contribution in [0.5, 0.6) is 0 Å². The number of cyclic esters (lactones) is 1. The topological polar surface area (TPSA) is 164 Å². The summed E-state index contributed by atoms with van der Waals surface area (Å²) in [6.07, 6.45) is 4.95. The molecule has 4 atom stereocenters. The minimum Gasteiger partial charge on any atom is -0.464 e. The smallest absolute Gasteiger partial charge is 0.324 e. The molecule has 14 nitrogen and oxygen atoms in total. The Bertz CT molecular complexity index is 2430. The van der Waals surface area contributed by atoms with Crippen LogP contribution in [-0.2, 0) is 48.0 Å². The predicted octanol–water partition coefficient (Wildman–Crippen LogP) is 6.13. The molecule has 318 valence electrons. The van der Waals surface area contributed by atoms with Gasteiger partial charge in [-0.05, 0) is 92.1 Å². The lowest BCUT2D eigenvalue weighted by Crippen LogP contribution is -2.62. The van der Waals surface area contributed by atoms with Crippen LogP contribution in [0, 0.1) is 11.3 Å². The Kier molecular flexibility index (Phi) is 12.2. The van der Waals surface area contributed by atoms with Crippen molar-refractivity contribution in [3.8, 4) is 22.4 Å². The molecule has 60 heavy (non-hydrogen) atoms. The number of amides is 3. The van der Waals surface area contributed by atoms with Crippen LogP contribution in [0.4, 0.5) is 0 Å². The molecular formula is C46H58N8O6. The quantitative estimate of drug-likeness (QED) is 0.157. The number of aromatic amines is 1. The van der Waals surface area contributed by atoms with Gasteiger partial charge in [-0.25, -0.2) is 10.4 Å². The molecule has 5 heterocycles. The first-order valence-corrected chi connectivity index (χ1v) is 21.0. The molecule has 1 fully saturated rings. The highest BCUT2D eigenvalue weighted by Crippen LogP contribution is 2.42. The fraction of sp³-hybridized carbons (Fsp3) is 0.478. The number of likely N-dealkylation sites (N-methyl/N-ethyl adjacent to an activating group) is 1. The third-order valence-electron chi connectivity index (χ3n) is 12.1. The number of nitrogens with zero attached hydrogens (tertiary/aromatic N) is 5. The second-order valence-electron chi connectivity index (χ2n) is 17.4. The molecule has 5 aromatic rings. The van der Waals surface area contributed by atoms with Crippen LogP contribution in [0.15, 0.2) is 55.0 Å². The number of esters is 1. The molecule has 2 aliphatic rings. The van der Waals surface area contributed by atoms with E-state index in [2.05, 4.69) is 65.3 Å². The fourth-order valence-corrected chi connectivity index (χ4v) is 8.92. The maximum atomic E-state index is 14.6. The molecule has 3 amide bonds. The lowest BCUT2D eigenvalue weighted by Gasteiger charge is -2.36. The summed E-state index contributed by atoms with van der Waals surface area (Å²) >= 11 is 0. The van der Waals surface area contributed by atoms with Crippen LogP contribution >= 0.6 is 0 Å². The predicted molar refractivity (Wildman–Crippen MR) is 230 cm³/mol. The molecule has 3 N–H and O–H groups in total. The third kappa shape index (κ3) is 8.27. The lowest BCUT2D eigenvalue weighted by atomic mass is 9.84. The maximum Gasteiger partial charge on any atom is 0.324 e. The number of rotatable bonds is 8. The zero-order chi connectivity index (χ0) is 43.0. The zero-order valence-corrected chi connectivity index (χ0v) is 36.2. The van der Waals surface area contributed by atoms with Gasteiger partial charge in [0.15, 0.2) is 0 Å². The highest BCUT2D eigenvalue weighted by atomic mass is 16.5. The summed E-state index contributed by atoms with van der Waals surface area (Å²) in [6, 6.07) is 11.9. The largest absolute Gasteiger partial charge is 0.464 e. The summed E-state index contributed by atoms with van der Waals surface area (Å²) in [4.78, 5) is 69.3. The normalized spacial score (nSPS) is 19.5. The Morgan fingerprint density at radius 2 is 1.88 bits per heavy atom. The van der Waals surface area contributed by atoms with Gasteiger partial charge in [0.25, 0.3) is 5.91 Å². The van der Waals surface area contributed by atoms with Crippen molar-refractivity contribution in [1.82, 2.24) is 40.2 Å². The third-order valence-corrected chi connectivity index (χ3v) is 12.1. The van der Waals surface area contributed by atoms with Gasteiger partial charge in [0.05, 0.1) is 41.5 Å². The molecular weight excluding hydrogens is 761 g/mol. The number of hydrogen-bond donors (Lipinski definition) is 3. The molecule has 0 saturated carbocycles. The first kappa shape index (κ1) is 42.5. The molecule has 3 unspecified atom stereocenters. The van der Waals surface area contributed by atoms with E-state index < -0.39 is 41.3 Å². The Morgan fingerprint density at radius 1 is 1.10 bits per heavy atom. The first-order valence-electron chi connectivity index (χ1n) is 21.0. The van der Waals surface area contributed by atoms with Gasteiger partial charge in [0.2, 0.25) is 11.8 Å². The Morgan fingerprint density at radius 3 is 2.60 bits per heavy atom. The van der Waals surface area contributed by atoms with Crippen molar-refractivity contribution in [2.24, 2.45) is 11.3 Å². The SMILES string of the molecule is CCn1c(-c2cccnc2C(C)OC)c2c3cc(ccc31)-c1cc(cc3[nH]cnc13)CC(NC(=O)C(C(C)C)N(C)C(C)=O)C(=O)N1CCC[C@H](N1)C(=O)OCC(C)(C)C2. The number of methoxy groups -OCH3 is 1. The van der Waals surface area contributed by atoms with Crippen molar-refractivity contribution >= 4 is 45.6 Å². The van der Waals surface area contributed by atoms with Gasteiger partial charge < -0.3 is 29.2 Å². The second-order valence-corrected chi connectivity index (χ2v) is 17.4. The Balaban J connectivity index is 1.43. The van der Waals surface area contributed by atoms with Gasteiger partial charge in [-0.1, -0.05) is 33.8 Å². The number of aryl methyl sites for hydroxylation is 1. The monoisotopic (exact) mass is 818 g/mol. The highest BCUT2D eigenvalue weighted by Gasteiger charge is 2.37. The number of hydrogen-bond acceptors (Lipinski definition) is 9.